The van der Waals surface area contributed by atoms with Crippen LogP contribution in [0.5, 0.6) is 0 Å². The van der Waals surface area contributed by atoms with Gasteiger partial charge in [0.05, 0.1) is 11.6 Å². The molecule has 1 heterocycles. The second-order valence-electron chi connectivity index (χ2n) is 2.80. The summed E-state index contributed by atoms with van der Waals surface area (Å²) < 4.78 is 6.14. The first-order valence-electron chi connectivity index (χ1n) is 4.07. The van der Waals surface area contributed by atoms with Crippen molar-refractivity contribution in [3.63, 3.8) is 0 Å². The van der Waals surface area contributed by atoms with Crippen molar-refractivity contribution in [1.82, 2.24) is 5.16 Å². The number of aromatic nitrogens is 1. The number of rotatable bonds is 2. The summed E-state index contributed by atoms with van der Waals surface area (Å²) in [7, 11) is 0. The van der Waals surface area contributed by atoms with Gasteiger partial charge in [-0.05, 0) is 12.1 Å². The maximum Gasteiger partial charge on any atom is 0.168 e. The first kappa shape index (κ1) is 9.74. The smallest absolute Gasteiger partial charge is 0.168 e. The Morgan fingerprint density at radius 3 is 2.79 bits per heavy atom. The number of nitrogens with zero attached hydrogens (tertiary/aromatic N) is 1. The SMILES string of the molecule is ClCc1cc(-c2ccccc2Br)on1. The van der Waals surface area contributed by atoms with E-state index in [4.69, 9.17) is 16.1 Å². The lowest BCUT2D eigenvalue weighted by atomic mass is 10.2. The van der Waals surface area contributed by atoms with Crippen LogP contribution in [0.3, 0.4) is 0 Å². The molecule has 4 heteroatoms. The first-order chi connectivity index (χ1) is 6.81. The van der Waals surface area contributed by atoms with E-state index < -0.39 is 0 Å². The van der Waals surface area contributed by atoms with Crippen LogP contribution in [0.25, 0.3) is 11.3 Å². The Hall–Kier alpha value is -0.800. The van der Waals surface area contributed by atoms with E-state index in [9.17, 15) is 0 Å². The predicted octanol–water partition coefficient (Wildman–Crippen LogP) is 3.84. The molecule has 0 N–H and O–H groups in total. The van der Waals surface area contributed by atoms with Crippen LogP contribution in [-0.2, 0) is 5.88 Å². The molecule has 0 aliphatic carbocycles. The minimum Gasteiger partial charge on any atom is -0.356 e. The average molecular weight is 273 g/mol. The average Bonchev–Trinajstić information content (AvgIpc) is 2.67. The van der Waals surface area contributed by atoms with E-state index in [-0.39, 0.29) is 0 Å². The molecule has 1 aromatic carbocycles. The minimum atomic E-state index is 0.369. The Labute approximate surface area is 95.0 Å². The van der Waals surface area contributed by atoms with Gasteiger partial charge in [0.1, 0.15) is 0 Å². The minimum absolute atomic E-state index is 0.369. The van der Waals surface area contributed by atoms with E-state index in [1.165, 1.54) is 0 Å². The fraction of sp³-hybridized carbons (Fsp3) is 0.100. The van der Waals surface area contributed by atoms with Crippen molar-refractivity contribution in [3.8, 4) is 11.3 Å². The van der Waals surface area contributed by atoms with E-state index in [1.807, 2.05) is 30.3 Å². The molecule has 1 aromatic heterocycles. The molecule has 0 amide bonds. The normalized spacial score (nSPS) is 10.4. The second-order valence-corrected chi connectivity index (χ2v) is 3.92. The maximum atomic E-state index is 5.63. The molecule has 0 unspecified atom stereocenters. The van der Waals surface area contributed by atoms with Crippen LogP contribution < -0.4 is 0 Å². The molecule has 14 heavy (non-hydrogen) atoms. The standard InChI is InChI=1S/C10H7BrClNO/c11-9-4-2-1-3-8(9)10-5-7(6-12)13-14-10/h1-5H,6H2. The molecule has 2 rings (SSSR count). The molecule has 0 atom stereocenters. The highest BCUT2D eigenvalue weighted by molar-refractivity contribution is 9.10. The molecule has 72 valence electrons. The molecule has 0 bridgehead atoms. The summed E-state index contributed by atoms with van der Waals surface area (Å²) in [5.74, 6) is 1.10. The van der Waals surface area contributed by atoms with Gasteiger partial charge in [0.25, 0.3) is 0 Å². The Bertz CT molecular complexity index is 441. The summed E-state index contributed by atoms with van der Waals surface area (Å²) in [4.78, 5) is 0. The molecule has 0 saturated heterocycles. The Kier molecular flexibility index (Phi) is 2.89. The maximum absolute atomic E-state index is 5.63. The molecular weight excluding hydrogens is 265 g/mol. The third-order valence-corrected chi connectivity index (χ3v) is 2.80. The highest BCUT2D eigenvalue weighted by atomic mass is 79.9. The third-order valence-electron chi connectivity index (χ3n) is 1.84. The highest BCUT2D eigenvalue weighted by Gasteiger charge is 2.08. The van der Waals surface area contributed by atoms with Crippen molar-refractivity contribution in [2.24, 2.45) is 0 Å². The summed E-state index contributed by atoms with van der Waals surface area (Å²) in [5, 5.41) is 3.82. The quantitative estimate of drug-likeness (QED) is 0.776. The van der Waals surface area contributed by atoms with Crippen LogP contribution in [-0.4, -0.2) is 5.16 Å². The van der Waals surface area contributed by atoms with Crippen molar-refractivity contribution in [1.29, 1.82) is 0 Å². The van der Waals surface area contributed by atoms with Gasteiger partial charge in [-0.1, -0.05) is 33.2 Å². The fourth-order valence-corrected chi connectivity index (χ4v) is 1.77. The van der Waals surface area contributed by atoms with Crippen molar-refractivity contribution >= 4 is 27.5 Å². The molecule has 2 aromatic rings. The molecule has 0 radical (unpaired) electrons. The zero-order valence-corrected chi connectivity index (χ0v) is 9.55. The van der Waals surface area contributed by atoms with Gasteiger partial charge in [0.2, 0.25) is 0 Å². The number of alkyl halides is 1. The Balaban J connectivity index is 2.44. The van der Waals surface area contributed by atoms with Gasteiger partial charge in [0.15, 0.2) is 5.76 Å². The Morgan fingerprint density at radius 2 is 2.14 bits per heavy atom. The topological polar surface area (TPSA) is 26.0 Å². The third kappa shape index (κ3) is 1.83. The summed E-state index contributed by atoms with van der Waals surface area (Å²) >= 11 is 9.08. The number of hydrogen-bond acceptors (Lipinski definition) is 2. The summed E-state index contributed by atoms with van der Waals surface area (Å²) in [6, 6.07) is 9.66. The van der Waals surface area contributed by atoms with Crippen molar-refractivity contribution < 1.29 is 4.52 Å². The van der Waals surface area contributed by atoms with Gasteiger partial charge < -0.3 is 4.52 Å². The van der Waals surface area contributed by atoms with E-state index in [0.29, 0.717) is 5.88 Å². The predicted molar refractivity (Wildman–Crippen MR) is 59.2 cm³/mol. The van der Waals surface area contributed by atoms with E-state index in [1.54, 1.807) is 0 Å². The van der Waals surface area contributed by atoms with Crippen LogP contribution in [0, 0.1) is 0 Å². The van der Waals surface area contributed by atoms with Crippen LogP contribution in [0.4, 0.5) is 0 Å². The zero-order chi connectivity index (χ0) is 9.97. The van der Waals surface area contributed by atoms with Gasteiger partial charge in [-0.25, -0.2) is 0 Å². The Morgan fingerprint density at radius 1 is 1.36 bits per heavy atom. The molecule has 0 aliphatic rings. The van der Waals surface area contributed by atoms with Gasteiger partial charge >= 0.3 is 0 Å². The molecule has 0 fully saturated rings. The lowest BCUT2D eigenvalue weighted by molar-refractivity contribution is 0.426. The van der Waals surface area contributed by atoms with Crippen molar-refractivity contribution in [3.05, 3.63) is 40.5 Å². The van der Waals surface area contributed by atoms with E-state index in [2.05, 4.69) is 21.1 Å². The fourth-order valence-electron chi connectivity index (χ4n) is 1.16. The number of hydrogen-bond donors (Lipinski definition) is 0. The molecule has 0 saturated carbocycles. The molecule has 2 nitrogen and oxygen atoms in total. The molecule has 0 spiro atoms. The van der Waals surface area contributed by atoms with Crippen LogP contribution in [0.1, 0.15) is 5.69 Å². The van der Waals surface area contributed by atoms with Gasteiger partial charge in [-0.15, -0.1) is 11.6 Å². The monoisotopic (exact) mass is 271 g/mol. The van der Waals surface area contributed by atoms with Gasteiger partial charge in [0, 0.05) is 16.1 Å². The van der Waals surface area contributed by atoms with Crippen LogP contribution in [0.15, 0.2) is 39.3 Å². The van der Waals surface area contributed by atoms with Crippen LogP contribution in [0.2, 0.25) is 0 Å². The van der Waals surface area contributed by atoms with Gasteiger partial charge in [-0.2, -0.15) is 0 Å². The summed E-state index contributed by atoms with van der Waals surface area (Å²) in [6.45, 7) is 0. The van der Waals surface area contributed by atoms with Crippen molar-refractivity contribution in [2.75, 3.05) is 0 Å². The highest BCUT2D eigenvalue weighted by Crippen LogP contribution is 2.28. The zero-order valence-electron chi connectivity index (χ0n) is 7.21. The lowest BCUT2D eigenvalue weighted by Crippen LogP contribution is -1.75. The second kappa shape index (κ2) is 4.15. The van der Waals surface area contributed by atoms with E-state index >= 15 is 0 Å². The largest absolute Gasteiger partial charge is 0.356 e. The van der Waals surface area contributed by atoms with E-state index in [0.717, 1.165) is 21.5 Å². The first-order valence-corrected chi connectivity index (χ1v) is 5.40. The summed E-state index contributed by atoms with van der Waals surface area (Å²) in [5.41, 5.74) is 1.73. The molecule has 0 aliphatic heterocycles. The van der Waals surface area contributed by atoms with Crippen LogP contribution >= 0.6 is 27.5 Å². The number of halogens is 2. The summed E-state index contributed by atoms with van der Waals surface area (Å²) in [6.07, 6.45) is 0. The number of benzene rings is 1. The van der Waals surface area contributed by atoms with Gasteiger partial charge in [-0.3, -0.25) is 0 Å². The molecular formula is C10H7BrClNO. The van der Waals surface area contributed by atoms with Crippen molar-refractivity contribution in [2.45, 2.75) is 5.88 Å². The lowest BCUT2D eigenvalue weighted by Gasteiger charge is -1.97.